The Hall–Kier alpha value is -4.08. The van der Waals surface area contributed by atoms with Gasteiger partial charge >= 0.3 is 12.0 Å². The van der Waals surface area contributed by atoms with E-state index in [1.54, 1.807) is 18.0 Å². The number of aliphatic imine (C=N–C) groups is 1. The predicted octanol–water partition coefficient (Wildman–Crippen LogP) is 3.89. The SMILES string of the molecule is CC1=NC(=O)N(CCCN(C)C(=O)C2CC2c2ccccc2)C(c2cccc([N+](=O)[O-])c2)C1C(=O)O. The number of carboxylic acid groups (broad SMARTS) is 1. The zero-order chi connectivity index (χ0) is 26.0. The molecule has 10 nitrogen and oxygen atoms in total. The van der Waals surface area contributed by atoms with Gasteiger partial charge in [0, 0.05) is 43.9 Å². The van der Waals surface area contributed by atoms with Gasteiger partial charge in [0.1, 0.15) is 5.92 Å². The van der Waals surface area contributed by atoms with E-state index in [1.807, 2.05) is 30.3 Å². The lowest BCUT2D eigenvalue weighted by Crippen LogP contribution is -2.47. The maximum absolute atomic E-state index is 12.9. The van der Waals surface area contributed by atoms with Crippen LogP contribution in [0.15, 0.2) is 59.6 Å². The van der Waals surface area contributed by atoms with Crippen LogP contribution in [0.2, 0.25) is 0 Å². The van der Waals surface area contributed by atoms with Crippen molar-refractivity contribution in [1.82, 2.24) is 9.80 Å². The number of hydrogen-bond acceptors (Lipinski definition) is 5. The average molecular weight is 493 g/mol. The van der Waals surface area contributed by atoms with Crippen molar-refractivity contribution in [3.05, 3.63) is 75.8 Å². The second-order valence-corrected chi connectivity index (χ2v) is 9.31. The van der Waals surface area contributed by atoms with E-state index in [1.165, 1.54) is 30.0 Å². The Labute approximate surface area is 208 Å². The number of nitro groups is 1. The van der Waals surface area contributed by atoms with E-state index in [-0.39, 0.29) is 35.7 Å². The topological polar surface area (TPSA) is 133 Å². The van der Waals surface area contributed by atoms with Gasteiger partial charge in [-0.3, -0.25) is 19.7 Å². The number of carbonyl (C=O) groups excluding carboxylic acids is 2. The molecule has 0 bridgehead atoms. The van der Waals surface area contributed by atoms with Gasteiger partial charge in [0.15, 0.2) is 0 Å². The van der Waals surface area contributed by atoms with Gasteiger partial charge in [-0.15, -0.1) is 0 Å². The van der Waals surface area contributed by atoms with Crippen LogP contribution in [0.5, 0.6) is 0 Å². The highest BCUT2D eigenvalue weighted by Gasteiger charge is 2.45. The number of amides is 3. The van der Waals surface area contributed by atoms with E-state index < -0.39 is 28.9 Å². The molecule has 2 aromatic rings. The molecule has 1 heterocycles. The van der Waals surface area contributed by atoms with Crippen LogP contribution in [0, 0.1) is 22.0 Å². The van der Waals surface area contributed by atoms with Crippen LogP contribution in [0.3, 0.4) is 0 Å². The fraction of sp³-hybridized carbons (Fsp3) is 0.385. The Morgan fingerprint density at radius 2 is 1.86 bits per heavy atom. The highest BCUT2D eigenvalue weighted by Crippen LogP contribution is 2.48. The Kier molecular flexibility index (Phi) is 7.14. The van der Waals surface area contributed by atoms with Crippen molar-refractivity contribution in [2.45, 2.75) is 31.7 Å². The monoisotopic (exact) mass is 492 g/mol. The van der Waals surface area contributed by atoms with Crippen LogP contribution in [0.1, 0.15) is 42.9 Å². The Balaban J connectivity index is 1.46. The van der Waals surface area contributed by atoms with Crippen LogP contribution in [-0.2, 0) is 9.59 Å². The maximum atomic E-state index is 12.9. The summed E-state index contributed by atoms with van der Waals surface area (Å²) in [4.78, 5) is 55.5. The molecule has 2 aromatic carbocycles. The zero-order valence-electron chi connectivity index (χ0n) is 20.1. The molecular weight excluding hydrogens is 464 g/mol. The molecule has 1 saturated carbocycles. The number of carboxylic acids is 1. The van der Waals surface area contributed by atoms with Gasteiger partial charge in [-0.05, 0) is 36.8 Å². The molecule has 2 aliphatic rings. The third kappa shape index (κ3) is 5.12. The van der Waals surface area contributed by atoms with Gasteiger partial charge in [0.05, 0.1) is 11.0 Å². The molecule has 0 spiro atoms. The summed E-state index contributed by atoms with van der Waals surface area (Å²) in [7, 11) is 1.72. The minimum absolute atomic E-state index is 0.0429. The first-order chi connectivity index (χ1) is 17.2. The van der Waals surface area contributed by atoms with E-state index in [2.05, 4.69) is 4.99 Å². The Morgan fingerprint density at radius 1 is 1.17 bits per heavy atom. The van der Waals surface area contributed by atoms with Crippen molar-refractivity contribution in [3.63, 3.8) is 0 Å². The fourth-order valence-corrected chi connectivity index (χ4v) is 4.96. The molecule has 1 aliphatic heterocycles. The van der Waals surface area contributed by atoms with Gasteiger partial charge in [-0.1, -0.05) is 42.5 Å². The summed E-state index contributed by atoms with van der Waals surface area (Å²) >= 11 is 0. The number of nitro benzene ring substituents is 1. The number of urea groups is 1. The lowest BCUT2D eigenvalue weighted by molar-refractivity contribution is -0.385. The van der Waals surface area contributed by atoms with Crippen molar-refractivity contribution in [1.29, 1.82) is 0 Å². The van der Waals surface area contributed by atoms with Gasteiger partial charge in [-0.25, -0.2) is 9.79 Å². The molecule has 10 heteroatoms. The number of rotatable bonds is 9. The summed E-state index contributed by atoms with van der Waals surface area (Å²) in [6.07, 6.45) is 1.21. The van der Waals surface area contributed by atoms with E-state index in [4.69, 9.17) is 0 Å². The number of benzene rings is 2. The summed E-state index contributed by atoms with van der Waals surface area (Å²) in [6.45, 7) is 2.00. The Morgan fingerprint density at radius 3 is 2.53 bits per heavy atom. The first-order valence-corrected chi connectivity index (χ1v) is 11.8. The standard InChI is InChI=1S/C26H28N4O6/c1-16-22(25(32)33)23(18-10-6-11-19(14-18)30(35)36)29(26(34)27-16)13-7-12-28(2)24(31)21-15-20(21)17-8-4-3-5-9-17/h3-6,8-11,14,20-23H,7,12-13,15H2,1-2H3,(H,32,33). The zero-order valence-corrected chi connectivity index (χ0v) is 20.1. The summed E-state index contributed by atoms with van der Waals surface area (Å²) in [5.74, 6) is -2.10. The maximum Gasteiger partial charge on any atom is 0.344 e. The number of non-ortho nitro benzene ring substituents is 1. The molecule has 1 fully saturated rings. The van der Waals surface area contributed by atoms with Crippen molar-refractivity contribution >= 4 is 29.3 Å². The normalized spacial score (nSPS) is 23.1. The number of nitrogens with zero attached hydrogens (tertiary/aromatic N) is 4. The predicted molar refractivity (Wildman–Crippen MR) is 132 cm³/mol. The third-order valence-corrected chi connectivity index (χ3v) is 6.91. The average Bonchev–Trinajstić information content (AvgIpc) is 3.65. The second kappa shape index (κ2) is 10.3. The van der Waals surface area contributed by atoms with Crippen molar-refractivity contribution in [3.8, 4) is 0 Å². The van der Waals surface area contributed by atoms with Gasteiger partial charge in [0.2, 0.25) is 5.91 Å². The second-order valence-electron chi connectivity index (χ2n) is 9.31. The summed E-state index contributed by atoms with van der Waals surface area (Å²) in [6, 6.07) is 14.0. The van der Waals surface area contributed by atoms with Crippen LogP contribution in [0.25, 0.3) is 0 Å². The molecule has 0 radical (unpaired) electrons. The summed E-state index contributed by atoms with van der Waals surface area (Å²) in [5.41, 5.74) is 1.46. The first-order valence-electron chi connectivity index (χ1n) is 11.8. The highest BCUT2D eigenvalue weighted by molar-refractivity contribution is 6.07. The fourth-order valence-electron chi connectivity index (χ4n) is 4.96. The van der Waals surface area contributed by atoms with Crippen LogP contribution >= 0.6 is 0 Å². The van der Waals surface area contributed by atoms with Crippen LogP contribution in [-0.4, -0.2) is 63.6 Å². The number of aliphatic carboxylic acids is 1. The van der Waals surface area contributed by atoms with E-state index in [0.717, 1.165) is 12.0 Å². The minimum atomic E-state index is -1.17. The first kappa shape index (κ1) is 25.0. The molecule has 1 N–H and O–H groups in total. The molecular formula is C26H28N4O6. The molecule has 4 atom stereocenters. The lowest BCUT2D eigenvalue weighted by Gasteiger charge is -2.38. The number of carbonyl (C=O) groups is 3. The molecule has 0 aromatic heterocycles. The number of hydrogen-bond donors (Lipinski definition) is 1. The molecule has 36 heavy (non-hydrogen) atoms. The molecule has 4 unspecified atom stereocenters. The van der Waals surface area contributed by atoms with Crippen LogP contribution in [0.4, 0.5) is 10.5 Å². The van der Waals surface area contributed by atoms with Crippen molar-refractivity contribution in [2.75, 3.05) is 20.1 Å². The van der Waals surface area contributed by atoms with E-state index in [0.29, 0.717) is 18.5 Å². The molecule has 0 saturated heterocycles. The highest BCUT2D eigenvalue weighted by atomic mass is 16.6. The van der Waals surface area contributed by atoms with E-state index in [9.17, 15) is 29.6 Å². The molecule has 3 amide bonds. The third-order valence-electron chi connectivity index (χ3n) is 6.91. The Bertz CT molecular complexity index is 1210. The lowest BCUT2D eigenvalue weighted by atomic mass is 9.86. The quantitative estimate of drug-likeness (QED) is 0.417. The summed E-state index contributed by atoms with van der Waals surface area (Å²) < 4.78 is 0. The van der Waals surface area contributed by atoms with Gasteiger partial charge in [-0.2, -0.15) is 0 Å². The van der Waals surface area contributed by atoms with Crippen molar-refractivity contribution in [2.24, 2.45) is 16.8 Å². The molecule has 4 rings (SSSR count). The van der Waals surface area contributed by atoms with Gasteiger partial charge < -0.3 is 14.9 Å². The molecule has 188 valence electrons. The van der Waals surface area contributed by atoms with Gasteiger partial charge in [0.25, 0.3) is 5.69 Å². The summed E-state index contributed by atoms with van der Waals surface area (Å²) in [5, 5.41) is 21.2. The minimum Gasteiger partial charge on any atom is -0.481 e. The van der Waals surface area contributed by atoms with Crippen LogP contribution < -0.4 is 0 Å². The van der Waals surface area contributed by atoms with E-state index >= 15 is 0 Å². The smallest absolute Gasteiger partial charge is 0.344 e. The largest absolute Gasteiger partial charge is 0.481 e. The molecule has 1 aliphatic carbocycles. The van der Waals surface area contributed by atoms with Crippen molar-refractivity contribution < 1.29 is 24.4 Å².